The van der Waals surface area contributed by atoms with E-state index < -0.39 is 0 Å². The van der Waals surface area contributed by atoms with Gasteiger partial charge in [0.05, 0.1) is 0 Å². The first-order chi connectivity index (χ1) is 29.2. The third-order valence-corrected chi connectivity index (χ3v) is 11.6. The highest BCUT2D eigenvalue weighted by Crippen LogP contribution is 2.40. The smallest absolute Gasteiger partial charge is 0.0499 e. The lowest BCUT2D eigenvalue weighted by Crippen LogP contribution is -2.25. The fourth-order valence-corrected chi connectivity index (χ4v) is 8.40. The zero-order valence-corrected chi connectivity index (χ0v) is 33.3. The standard InChI is InChI=1S/C56H49N3/c57-54(48-30-26-44(27-31-48)42-15-4-1-5-16-42)39-55(49-32-28-45(29-33-49)43-17-6-2-7-18-43)58-40-41-14-12-21-50(38-41)46-34-36-52(37-35-46)59(51-22-8-3-9-23-51)56-25-13-20-47-19-10-11-24-53(47)56/h1-10,12-23,25-38,54-55,58H,11,24,39-40,57H2. The van der Waals surface area contributed by atoms with Gasteiger partial charge in [0.25, 0.3) is 0 Å². The van der Waals surface area contributed by atoms with Crippen molar-refractivity contribution in [2.45, 2.75) is 37.9 Å². The van der Waals surface area contributed by atoms with Gasteiger partial charge in [-0.1, -0.05) is 182 Å². The van der Waals surface area contributed by atoms with Crippen molar-refractivity contribution in [3.8, 4) is 33.4 Å². The second-order valence-electron chi connectivity index (χ2n) is 15.5. The maximum absolute atomic E-state index is 7.01. The molecule has 0 radical (unpaired) electrons. The Bertz CT molecular complexity index is 2620. The van der Waals surface area contributed by atoms with Crippen LogP contribution in [0.15, 0.2) is 212 Å². The second-order valence-corrected chi connectivity index (χ2v) is 15.5. The molecule has 3 heteroatoms. The van der Waals surface area contributed by atoms with Gasteiger partial charge in [0.15, 0.2) is 0 Å². The number of hydrogen-bond donors (Lipinski definition) is 2. The molecule has 0 aromatic heterocycles. The van der Waals surface area contributed by atoms with Gasteiger partial charge in [0.2, 0.25) is 0 Å². The number of nitrogens with two attached hydrogens (primary N) is 1. The Morgan fingerprint density at radius 2 is 1.02 bits per heavy atom. The molecule has 0 fully saturated rings. The van der Waals surface area contributed by atoms with Crippen molar-refractivity contribution >= 4 is 23.1 Å². The summed E-state index contributed by atoms with van der Waals surface area (Å²) in [5.41, 5.74) is 24.1. The highest BCUT2D eigenvalue weighted by Gasteiger charge is 2.20. The average molecular weight is 764 g/mol. The molecule has 8 aromatic carbocycles. The summed E-state index contributed by atoms with van der Waals surface area (Å²) in [6.45, 7) is 0.714. The van der Waals surface area contributed by atoms with Gasteiger partial charge < -0.3 is 16.0 Å². The molecule has 288 valence electrons. The largest absolute Gasteiger partial charge is 0.324 e. The van der Waals surface area contributed by atoms with Crippen LogP contribution in [0.25, 0.3) is 39.5 Å². The predicted octanol–water partition coefficient (Wildman–Crippen LogP) is 14.0. The molecule has 1 aliphatic carbocycles. The number of para-hydroxylation sites is 1. The van der Waals surface area contributed by atoms with E-state index in [4.69, 9.17) is 5.73 Å². The first kappa shape index (κ1) is 37.8. The minimum absolute atomic E-state index is 0.0507. The second kappa shape index (κ2) is 17.8. The minimum atomic E-state index is -0.135. The number of fused-ring (bicyclic) bond motifs is 1. The van der Waals surface area contributed by atoms with Crippen LogP contribution in [-0.2, 0) is 13.0 Å². The van der Waals surface area contributed by atoms with Gasteiger partial charge in [-0.25, -0.2) is 0 Å². The molecule has 1 aliphatic rings. The van der Waals surface area contributed by atoms with Crippen LogP contribution in [-0.4, -0.2) is 0 Å². The highest BCUT2D eigenvalue weighted by atomic mass is 15.1. The predicted molar refractivity (Wildman–Crippen MR) is 249 cm³/mol. The molecule has 0 bridgehead atoms. The van der Waals surface area contributed by atoms with Crippen molar-refractivity contribution in [1.29, 1.82) is 0 Å². The van der Waals surface area contributed by atoms with Gasteiger partial charge in [-0.15, -0.1) is 0 Å². The zero-order valence-electron chi connectivity index (χ0n) is 33.3. The molecule has 0 saturated carbocycles. The number of anilines is 3. The van der Waals surface area contributed by atoms with Crippen LogP contribution in [0.2, 0.25) is 0 Å². The molecule has 59 heavy (non-hydrogen) atoms. The summed E-state index contributed by atoms with van der Waals surface area (Å²) in [5.74, 6) is 0. The Morgan fingerprint density at radius 3 is 1.68 bits per heavy atom. The van der Waals surface area contributed by atoms with Gasteiger partial charge in [-0.05, 0) is 117 Å². The van der Waals surface area contributed by atoms with Crippen molar-refractivity contribution in [3.63, 3.8) is 0 Å². The summed E-state index contributed by atoms with van der Waals surface area (Å²) < 4.78 is 0. The maximum Gasteiger partial charge on any atom is 0.0499 e. The number of nitrogens with one attached hydrogen (secondary N) is 1. The Morgan fingerprint density at radius 1 is 0.492 bits per heavy atom. The van der Waals surface area contributed by atoms with E-state index in [1.807, 2.05) is 0 Å². The normalized spacial score (nSPS) is 13.0. The lowest BCUT2D eigenvalue weighted by molar-refractivity contribution is 0.456. The SMILES string of the molecule is NC(CC(NCc1cccc(-c2ccc(N(c3ccccc3)c3cccc4c3CCC=C4)cc2)c1)c1ccc(-c2ccccc2)cc1)c1ccc(-c2ccccc2)cc1. The number of allylic oxidation sites excluding steroid dienone is 1. The van der Waals surface area contributed by atoms with Crippen LogP contribution in [0.4, 0.5) is 17.1 Å². The van der Waals surface area contributed by atoms with Gasteiger partial charge in [-0.2, -0.15) is 0 Å². The number of nitrogens with zero attached hydrogens (tertiary/aromatic N) is 1. The number of hydrogen-bond acceptors (Lipinski definition) is 3. The molecule has 0 heterocycles. The van der Waals surface area contributed by atoms with Gasteiger partial charge in [0, 0.05) is 35.7 Å². The summed E-state index contributed by atoms with van der Waals surface area (Å²) in [6.07, 6.45) is 7.41. The third-order valence-electron chi connectivity index (χ3n) is 11.6. The average Bonchev–Trinajstić information content (AvgIpc) is 3.32. The van der Waals surface area contributed by atoms with E-state index >= 15 is 0 Å². The topological polar surface area (TPSA) is 41.3 Å². The molecule has 3 N–H and O–H groups in total. The zero-order chi connectivity index (χ0) is 39.8. The van der Waals surface area contributed by atoms with Gasteiger partial charge >= 0.3 is 0 Å². The van der Waals surface area contributed by atoms with E-state index in [9.17, 15) is 0 Å². The van der Waals surface area contributed by atoms with E-state index in [-0.39, 0.29) is 12.1 Å². The molecule has 3 nitrogen and oxygen atoms in total. The fraction of sp³-hybridized carbons (Fsp3) is 0.107. The van der Waals surface area contributed by atoms with Crippen molar-refractivity contribution in [2.75, 3.05) is 4.90 Å². The Balaban J connectivity index is 0.952. The van der Waals surface area contributed by atoms with Crippen molar-refractivity contribution in [1.82, 2.24) is 5.32 Å². The van der Waals surface area contributed by atoms with Crippen LogP contribution in [0.1, 0.15) is 52.7 Å². The molecular formula is C56H49N3. The van der Waals surface area contributed by atoms with E-state index in [2.05, 4.69) is 229 Å². The van der Waals surface area contributed by atoms with Crippen LogP contribution < -0.4 is 16.0 Å². The quantitative estimate of drug-likeness (QED) is 0.123. The monoisotopic (exact) mass is 763 g/mol. The van der Waals surface area contributed by atoms with Gasteiger partial charge in [0.1, 0.15) is 0 Å². The Hall–Kier alpha value is -6.78. The molecule has 2 atom stereocenters. The van der Waals surface area contributed by atoms with E-state index in [0.717, 1.165) is 36.2 Å². The van der Waals surface area contributed by atoms with E-state index in [0.29, 0.717) is 6.54 Å². The van der Waals surface area contributed by atoms with Crippen LogP contribution >= 0.6 is 0 Å². The maximum atomic E-state index is 7.01. The molecule has 0 amide bonds. The van der Waals surface area contributed by atoms with Crippen LogP contribution in [0.5, 0.6) is 0 Å². The lowest BCUT2D eigenvalue weighted by Gasteiger charge is -2.29. The summed E-state index contributed by atoms with van der Waals surface area (Å²) >= 11 is 0. The van der Waals surface area contributed by atoms with Crippen LogP contribution in [0.3, 0.4) is 0 Å². The lowest BCUT2D eigenvalue weighted by atomic mass is 9.92. The molecular weight excluding hydrogens is 715 g/mol. The number of rotatable bonds is 13. The Labute approximate surface area is 349 Å². The summed E-state index contributed by atoms with van der Waals surface area (Å²) in [6, 6.07) is 74.0. The first-order valence-electron chi connectivity index (χ1n) is 20.8. The summed E-state index contributed by atoms with van der Waals surface area (Å²) in [7, 11) is 0. The molecule has 9 rings (SSSR count). The Kier molecular flexibility index (Phi) is 11.4. The first-order valence-corrected chi connectivity index (χ1v) is 20.8. The molecule has 8 aromatic rings. The minimum Gasteiger partial charge on any atom is -0.324 e. The number of benzene rings is 8. The van der Waals surface area contributed by atoms with E-state index in [1.165, 1.54) is 61.3 Å². The highest BCUT2D eigenvalue weighted by molar-refractivity contribution is 5.82. The van der Waals surface area contributed by atoms with Crippen molar-refractivity contribution < 1.29 is 0 Å². The fourth-order valence-electron chi connectivity index (χ4n) is 8.40. The van der Waals surface area contributed by atoms with Crippen molar-refractivity contribution in [3.05, 3.63) is 240 Å². The van der Waals surface area contributed by atoms with E-state index in [1.54, 1.807) is 0 Å². The summed E-state index contributed by atoms with van der Waals surface area (Å²) in [5, 5.41) is 3.92. The molecule has 0 saturated heterocycles. The van der Waals surface area contributed by atoms with Gasteiger partial charge in [-0.3, -0.25) is 0 Å². The molecule has 0 spiro atoms. The summed E-state index contributed by atoms with van der Waals surface area (Å²) in [4.78, 5) is 2.40. The molecule has 0 aliphatic heterocycles. The van der Waals surface area contributed by atoms with Crippen LogP contribution in [0, 0.1) is 0 Å². The van der Waals surface area contributed by atoms with Crippen molar-refractivity contribution in [2.24, 2.45) is 5.73 Å². The molecule has 2 unspecified atom stereocenters. The third kappa shape index (κ3) is 8.73.